The molecule has 2 fully saturated rings. The molecule has 298 valence electrons. The molecule has 12 nitrogen and oxygen atoms in total. The van der Waals surface area contributed by atoms with Crippen LogP contribution in [-0.4, -0.2) is 89.0 Å². The molecule has 3 heterocycles. The Morgan fingerprint density at radius 3 is 2.35 bits per heavy atom. The summed E-state index contributed by atoms with van der Waals surface area (Å²) >= 11 is 0. The van der Waals surface area contributed by atoms with Gasteiger partial charge in [0.1, 0.15) is 17.6 Å². The number of aromatic amines is 1. The molecule has 0 saturated carbocycles. The first-order valence-electron chi connectivity index (χ1n) is 19.9. The van der Waals surface area contributed by atoms with Crippen molar-refractivity contribution in [3.63, 3.8) is 0 Å². The summed E-state index contributed by atoms with van der Waals surface area (Å²) < 4.78 is 11.7. The number of rotatable bonds is 14. The van der Waals surface area contributed by atoms with Gasteiger partial charge in [-0.3, -0.25) is 14.9 Å². The molecule has 0 radical (unpaired) electrons. The first kappa shape index (κ1) is 39.5. The number of carbonyl (C=O) groups excluding carboxylic acids is 2. The minimum Gasteiger partial charge on any atom is -0.506 e. The molecule has 2 aliphatic rings. The van der Waals surface area contributed by atoms with E-state index in [1.807, 2.05) is 83.8 Å². The number of hydrogen-bond acceptors (Lipinski definition) is 9. The van der Waals surface area contributed by atoms with Crippen LogP contribution in [0.1, 0.15) is 49.3 Å². The number of phenolic OH excluding ortho intramolecular Hbond substituents is 1. The lowest BCUT2D eigenvalue weighted by molar-refractivity contribution is -0.134. The number of amides is 2. The third kappa shape index (κ3) is 10.6. The maximum Gasteiger partial charge on any atom is 0.411 e. The van der Waals surface area contributed by atoms with E-state index in [-0.39, 0.29) is 36.5 Å². The number of aromatic nitrogens is 1. The highest BCUT2D eigenvalue weighted by Crippen LogP contribution is 2.30. The second kappa shape index (κ2) is 19.0. The summed E-state index contributed by atoms with van der Waals surface area (Å²) in [6.45, 7) is 5.05. The number of para-hydroxylation sites is 1. The third-order valence-electron chi connectivity index (χ3n) is 11.1. The molecule has 57 heavy (non-hydrogen) atoms. The molecular weight excluding hydrogens is 723 g/mol. The van der Waals surface area contributed by atoms with Crippen LogP contribution in [0.4, 0.5) is 10.5 Å². The van der Waals surface area contributed by atoms with Gasteiger partial charge in [-0.15, -0.1) is 0 Å². The van der Waals surface area contributed by atoms with Crippen LogP contribution in [0.5, 0.6) is 11.5 Å². The van der Waals surface area contributed by atoms with Gasteiger partial charge in [0.25, 0.3) is 5.91 Å². The molecule has 2 saturated heterocycles. The smallest absolute Gasteiger partial charge is 0.411 e. The molecule has 4 aromatic carbocycles. The molecule has 1 aromatic heterocycles. The van der Waals surface area contributed by atoms with Crippen molar-refractivity contribution in [2.24, 2.45) is 5.92 Å². The Hall–Kier alpha value is -5.69. The number of anilines is 1. The van der Waals surface area contributed by atoms with Crippen molar-refractivity contribution in [1.29, 1.82) is 0 Å². The Morgan fingerprint density at radius 1 is 0.842 bits per heavy atom. The summed E-state index contributed by atoms with van der Waals surface area (Å²) in [7, 11) is 0. The van der Waals surface area contributed by atoms with E-state index in [4.69, 9.17) is 9.47 Å². The van der Waals surface area contributed by atoms with E-state index in [0.29, 0.717) is 34.7 Å². The Bertz CT molecular complexity index is 2160. The normalized spacial score (nSPS) is 16.0. The van der Waals surface area contributed by atoms with Crippen molar-refractivity contribution in [1.82, 2.24) is 20.1 Å². The number of carbonyl (C=O) groups is 2. The number of piperidine rings is 2. The number of aliphatic hydroxyl groups excluding tert-OH is 1. The Morgan fingerprint density at radius 2 is 1.58 bits per heavy atom. The number of nitrogens with one attached hydrogen (secondary N) is 3. The summed E-state index contributed by atoms with van der Waals surface area (Å²) in [5.41, 5.74) is 4.31. The Labute approximate surface area is 332 Å². The molecule has 0 bridgehead atoms. The summed E-state index contributed by atoms with van der Waals surface area (Å²) in [4.78, 5) is 44.4. The van der Waals surface area contributed by atoms with Crippen LogP contribution >= 0.6 is 0 Å². The molecular formula is C45H51N5O7. The molecule has 2 aliphatic heterocycles. The van der Waals surface area contributed by atoms with Gasteiger partial charge in [0, 0.05) is 56.3 Å². The van der Waals surface area contributed by atoms with E-state index in [2.05, 4.69) is 20.5 Å². The zero-order chi connectivity index (χ0) is 39.6. The predicted octanol–water partition coefficient (Wildman–Crippen LogP) is 6.44. The monoisotopic (exact) mass is 773 g/mol. The third-order valence-corrected chi connectivity index (χ3v) is 11.1. The lowest BCUT2D eigenvalue weighted by atomic mass is 9.93. The standard InChI is InChI=1S/C45H51N5O7/c51-40-16-14-37(38-15-17-42(53)48-44(38)40)41(52)29-46-28-32-10-12-34(13-11-32)56-30-43(54)50-26-19-31(20-27-50)18-23-49-24-21-35(22-25-49)57-45(55)47-39-9-5-4-8-36(39)33-6-2-1-3-7-33/h1-17,31,35,41,46,51-52H,18-30H2,(H,47,55)(H,48,53)/t41-/m1/s1. The number of nitrogens with zero attached hydrogens (tertiary/aromatic N) is 2. The molecule has 7 rings (SSSR count). The van der Waals surface area contributed by atoms with E-state index < -0.39 is 12.2 Å². The van der Waals surface area contributed by atoms with Crippen LogP contribution in [0.3, 0.4) is 0 Å². The van der Waals surface area contributed by atoms with Gasteiger partial charge in [0.2, 0.25) is 5.56 Å². The second-order valence-electron chi connectivity index (χ2n) is 15.0. The molecule has 1 atom stereocenters. The topological polar surface area (TPSA) is 156 Å². The van der Waals surface area contributed by atoms with E-state index in [9.17, 15) is 24.6 Å². The molecule has 0 unspecified atom stereocenters. The zero-order valence-corrected chi connectivity index (χ0v) is 32.1. The number of pyridine rings is 1. The fourth-order valence-electron chi connectivity index (χ4n) is 7.79. The maximum absolute atomic E-state index is 13.0. The summed E-state index contributed by atoms with van der Waals surface area (Å²) in [6.07, 6.45) is 3.33. The first-order chi connectivity index (χ1) is 27.8. The minimum absolute atomic E-state index is 0.00508. The van der Waals surface area contributed by atoms with E-state index in [1.165, 1.54) is 12.1 Å². The number of phenols is 1. The van der Waals surface area contributed by atoms with Crippen LogP contribution in [0.25, 0.3) is 22.0 Å². The van der Waals surface area contributed by atoms with Gasteiger partial charge in [0.05, 0.1) is 17.3 Å². The maximum atomic E-state index is 13.0. The Kier molecular flexibility index (Phi) is 13.2. The predicted molar refractivity (Wildman–Crippen MR) is 220 cm³/mol. The summed E-state index contributed by atoms with van der Waals surface area (Å²) in [6, 6.07) is 31.4. The van der Waals surface area contributed by atoms with Gasteiger partial charge in [-0.1, -0.05) is 66.7 Å². The lowest BCUT2D eigenvalue weighted by Crippen LogP contribution is -2.42. The van der Waals surface area contributed by atoms with Crippen LogP contribution in [0.2, 0.25) is 0 Å². The highest BCUT2D eigenvalue weighted by Gasteiger charge is 2.26. The van der Waals surface area contributed by atoms with Crippen molar-refractivity contribution in [3.05, 3.63) is 125 Å². The number of benzene rings is 4. The average molecular weight is 774 g/mol. The SMILES string of the molecule is O=C(Nc1ccccc1-c1ccccc1)OC1CCN(CCC2CCN(C(=O)COc3ccc(CNC[C@@H](O)c4ccc(O)c5[nH]c(=O)ccc45)cc3)CC2)CC1. The quantitative estimate of drug-likeness (QED) is 0.0857. The number of H-pyrrole nitrogens is 1. The van der Waals surface area contributed by atoms with Crippen molar-refractivity contribution in [2.75, 3.05) is 51.2 Å². The van der Waals surface area contributed by atoms with Crippen LogP contribution in [0, 0.1) is 5.92 Å². The highest BCUT2D eigenvalue weighted by atomic mass is 16.6. The molecule has 5 aromatic rings. The van der Waals surface area contributed by atoms with Crippen molar-refractivity contribution in [3.8, 4) is 22.6 Å². The largest absolute Gasteiger partial charge is 0.506 e. The van der Waals surface area contributed by atoms with Gasteiger partial charge in [-0.2, -0.15) is 0 Å². The molecule has 0 aliphatic carbocycles. The number of hydrogen-bond donors (Lipinski definition) is 5. The van der Waals surface area contributed by atoms with Crippen molar-refractivity contribution in [2.45, 2.75) is 50.9 Å². The van der Waals surface area contributed by atoms with Gasteiger partial charge in [-0.05, 0) is 91.6 Å². The number of ether oxygens (including phenoxy) is 2. The number of aliphatic hydroxyl groups is 1. The van der Waals surface area contributed by atoms with Crippen LogP contribution in [-0.2, 0) is 16.1 Å². The molecule has 2 amide bonds. The average Bonchev–Trinajstić information content (AvgIpc) is 3.24. The van der Waals surface area contributed by atoms with Crippen LogP contribution < -0.4 is 20.9 Å². The highest BCUT2D eigenvalue weighted by molar-refractivity contribution is 5.91. The Balaban J connectivity index is 0.757. The van der Waals surface area contributed by atoms with E-state index >= 15 is 0 Å². The minimum atomic E-state index is -0.848. The van der Waals surface area contributed by atoms with E-state index in [0.717, 1.165) is 87.2 Å². The van der Waals surface area contributed by atoms with Crippen molar-refractivity contribution >= 4 is 28.6 Å². The van der Waals surface area contributed by atoms with Gasteiger partial charge >= 0.3 is 6.09 Å². The first-order valence-corrected chi connectivity index (χ1v) is 19.9. The summed E-state index contributed by atoms with van der Waals surface area (Å²) in [5.74, 6) is 1.14. The lowest BCUT2D eigenvalue weighted by Gasteiger charge is -2.35. The summed E-state index contributed by atoms with van der Waals surface area (Å²) in [5, 5.41) is 27.7. The molecule has 5 N–H and O–H groups in total. The molecule has 0 spiro atoms. The van der Waals surface area contributed by atoms with E-state index in [1.54, 1.807) is 12.1 Å². The second-order valence-corrected chi connectivity index (χ2v) is 15.0. The van der Waals surface area contributed by atoms with Gasteiger partial charge < -0.3 is 39.8 Å². The number of likely N-dealkylation sites (tertiary alicyclic amines) is 2. The van der Waals surface area contributed by atoms with Crippen LogP contribution in [0.15, 0.2) is 108 Å². The fraction of sp³-hybridized carbons (Fsp3) is 0.356. The van der Waals surface area contributed by atoms with Gasteiger partial charge in [0.15, 0.2) is 6.61 Å². The van der Waals surface area contributed by atoms with Crippen molar-refractivity contribution < 1.29 is 29.3 Å². The molecule has 12 heteroatoms. The zero-order valence-electron chi connectivity index (χ0n) is 32.1. The fourth-order valence-corrected chi connectivity index (χ4v) is 7.79. The van der Waals surface area contributed by atoms with Gasteiger partial charge in [-0.25, -0.2) is 4.79 Å². The number of fused-ring (bicyclic) bond motifs is 1. The number of aromatic hydroxyl groups is 1.